The van der Waals surface area contributed by atoms with Crippen molar-refractivity contribution in [2.75, 3.05) is 33.9 Å². The molecule has 0 aliphatic rings. The van der Waals surface area contributed by atoms with Gasteiger partial charge in [0.15, 0.2) is 11.5 Å². The second-order valence-corrected chi connectivity index (χ2v) is 6.12. The van der Waals surface area contributed by atoms with Crippen LogP contribution in [0.4, 0.5) is 4.39 Å². The van der Waals surface area contributed by atoms with Crippen LogP contribution in [-0.4, -0.2) is 51.7 Å². The number of hydrogen-bond acceptors (Lipinski definition) is 5. The second kappa shape index (κ2) is 7.58. The van der Waals surface area contributed by atoms with E-state index in [9.17, 15) is 12.8 Å². The number of methoxy groups -OCH3 is 2. The number of benzene rings is 1. The summed E-state index contributed by atoms with van der Waals surface area (Å²) in [4.78, 5) is -0.472. The van der Waals surface area contributed by atoms with Crippen molar-refractivity contribution in [3.05, 3.63) is 17.9 Å². The Morgan fingerprint density at radius 3 is 2.29 bits per heavy atom. The summed E-state index contributed by atoms with van der Waals surface area (Å²) < 4.78 is 50.1. The number of halogens is 1. The smallest absolute Gasteiger partial charge is 0.246 e. The normalized spacial score (nSPS) is 11.7. The zero-order valence-corrected chi connectivity index (χ0v) is 13.1. The van der Waals surface area contributed by atoms with E-state index in [1.165, 1.54) is 14.2 Å². The highest BCUT2D eigenvalue weighted by Gasteiger charge is 2.28. The Hall–Kier alpha value is -1.38. The molecule has 0 spiro atoms. The van der Waals surface area contributed by atoms with Gasteiger partial charge in [-0.3, -0.25) is 0 Å². The lowest BCUT2D eigenvalue weighted by atomic mass is 10.3. The van der Waals surface area contributed by atoms with Crippen molar-refractivity contribution >= 4 is 10.0 Å². The fourth-order valence-electron chi connectivity index (χ4n) is 1.87. The molecular weight excluding hydrogens is 301 g/mol. The van der Waals surface area contributed by atoms with Crippen LogP contribution < -0.4 is 9.47 Å². The van der Waals surface area contributed by atoms with Crippen LogP contribution in [-0.2, 0) is 10.0 Å². The fourth-order valence-corrected chi connectivity index (χ4v) is 3.42. The van der Waals surface area contributed by atoms with E-state index in [1.54, 1.807) is 6.92 Å². The van der Waals surface area contributed by atoms with Crippen LogP contribution >= 0.6 is 0 Å². The Kier molecular flexibility index (Phi) is 6.38. The van der Waals surface area contributed by atoms with Crippen LogP contribution in [0.2, 0.25) is 0 Å². The molecule has 0 radical (unpaired) electrons. The molecule has 21 heavy (non-hydrogen) atoms. The van der Waals surface area contributed by atoms with Gasteiger partial charge in [0.25, 0.3) is 0 Å². The third-order valence-electron chi connectivity index (χ3n) is 2.97. The average molecular weight is 321 g/mol. The van der Waals surface area contributed by atoms with Crippen LogP contribution in [0.1, 0.15) is 13.3 Å². The lowest BCUT2D eigenvalue weighted by molar-refractivity contribution is 0.270. The van der Waals surface area contributed by atoms with Gasteiger partial charge in [0.2, 0.25) is 10.0 Å². The molecule has 0 aliphatic heterocycles. The molecule has 0 aromatic heterocycles. The van der Waals surface area contributed by atoms with Gasteiger partial charge in [0.05, 0.1) is 14.2 Å². The predicted molar refractivity (Wildman–Crippen MR) is 75.6 cm³/mol. The molecule has 0 heterocycles. The van der Waals surface area contributed by atoms with E-state index in [1.807, 2.05) is 0 Å². The van der Waals surface area contributed by atoms with E-state index in [0.29, 0.717) is 0 Å². The van der Waals surface area contributed by atoms with Crippen LogP contribution in [0.15, 0.2) is 17.0 Å². The molecule has 0 saturated heterocycles. The van der Waals surface area contributed by atoms with Crippen molar-refractivity contribution in [3.63, 3.8) is 0 Å². The molecule has 120 valence electrons. The van der Waals surface area contributed by atoms with Crippen molar-refractivity contribution in [2.45, 2.75) is 18.2 Å². The molecule has 0 aliphatic carbocycles. The zero-order valence-electron chi connectivity index (χ0n) is 12.3. The highest BCUT2D eigenvalue weighted by molar-refractivity contribution is 7.89. The number of nitrogens with zero attached hydrogens (tertiary/aromatic N) is 1. The number of hydrogen-bond donors (Lipinski definition) is 1. The molecule has 0 bridgehead atoms. The molecule has 6 nitrogen and oxygen atoms in total. The van der Waals surface area contributed by atoms with Crippen molar-refractivity contribution in [2.24, 2.45) is 0 Å². The number of sulfonamides is 1. The Morgan fingerprint density at radius 1 is 1.24 bits per heavy atom. The first kappa shape index (κ1) is 17.7. The summed E-state index contributed by atoms with van der Waals surface area (Å²) in [7, 11) is -1.32. The first-order valence-corrected chi connectivity index (χ1v) is 7.88. The number of aliphatic hydroxyl groups excluding tert-OH is 1. The van der Waals surface area contributed by atoms with Crippen LogP contribution in [0, 0.1) is 5.82 Å². The molecule has 1 aromatic carbocycles. The van der Waals surface area contributed by atoms with Gasteiger partial charge in [-0.15, -0.1) is 0 Å². The Balaban J connectivity index is 3.30. The molecule has 0 saturated carbocycles. The average Bonchev–Trinajstić information content (AvgIpc) is 2.47. The monoisotopic (exact) mass is 321 g/mol. The topological polar surface area (TPSA) is 76.1 Å². The SMILES string of the molecule is CCN(CCCO)S(=O)(=O)c1cc(OC)c(OC)cc1F. The van der Waals surface area contributed by atoms with Gasteiger partial charge in [0.1, 0.15) is 10.7 Å². The lowest BCUT2D eigenvalue weighted by Crippen LogP contribution is -2.32. The minimum absolute atomic E-state index is 0.114. The largest absolute Gasteiger partial charge is 0.493 e. The van der Waals surface area contributed by atoms with Crippen molar-refractivity contribution in [3.8, 4) is 11.5 Å². The molecule has 1 N–H and O–H groups in total. The van der Waals surface area contributed by atoms with Gasteiger partial charge in [0, 0.05) is 31.8 Å². The van der Waals surface area contributed by atoms with E-state index in [2.05, 4.69) is 0 Å². The standard InChI is InChI=1S/C13H20FNO5S/c1-4-15(6-5-7-16)21(17,18)13-9-12(20-3)11(19-2)8-10(13)14/h8-9,16H,4-7H2,1-3H3. The number of ether oxygens (including phenoxy) is 2. The lowest BCUT2D eigenvalue weighted by Gasteiger charge is -2.21. The maximum atomic E-state index is 14.1. The van der Waals surface area contributed by atoms with Crippen LogP contribution in [0.5, 0.6) is 11.5 Å². The molecule has 8 heteroatoms. The zero-order chi connectivity index (χ0) is 16.0. The van der Waals surface area contributed by atoms with Crippen molar-refractivity contribution < 1.29 is 27.4 Å². The third-order valence-corrected chi connectivity index (χ3v) is 4.96. The first-order valence-electron chi connectivity index (χ1n) is 6.44. The molecule has 1 aromatic rings. The molecule has 0 amide bonds. The molecule has 0 unspecified atom stereocenters. The summed E-state index contributed by atoms with van der Waals surface area (Å²) in [5, 5.41) is 8.82. The van der Waals surface area contributed by atoms with Gasteiger partial charge in [-0.1, -0.05) is 6.92 Å². The van der Waals surface area contributed by atoms with Gasteiger partial charge in [-0.2, -0.15) is 4.31 Å². The van der Waals surface area contributed by atoms with Crippen LogP contribution in [0.25, 0.3) is 0 Å². The Bertz CT molecular complexity index is 576. The highest BCUT2D eigenvalue weighted by atomic mass is 32.2. The van der Waals surface area contributed by atoms with E-state index in [0.717, 1.165) is 16.4 Å². The minimum atomic E-state index is -4.00. The van der Waals surface area contributed by atoms with E-state index >= 15 is 0 Å². The summed E-state index contributed by atoms with van der Waals surface area (Å²) in [5.74, 6) is -0.654. The molecule has 1 rings (SSSR count). The molecule has 0 atom stereocenters. The minimum Gasteiger partial charge on any atom is -0.493 e. The van der Waals surface area contributed by atoms with Gasteiger partial charge >= 0.3 is 0 Å². The summed E-state index contributed by atoms with van der Waals surface area (Å²) in [6.07, 6.45) is 0.280. The highest BCUT2D eigenvalue weighted by Crippen LogP contribution is 2.33. The summed E-state index contributed by atoms with van der Waals surface area (Å²) in [6, 6.07) is 2.08. The molecular formula is C13H20FNO5S. The van der Waals surface area contributed by atoms with Crippen molar-refractivity contribution in [1.82, 2.24) is 4.31 Å². The Labute approximate surface area is 124 Å². The second-order valence-electron chi connectivity index (χ2n) is 4.21. The predicted octanol–water partition coefficient (Wildman–Crippen LogP) is 1.24. The van der Waals surface area contributed by atoms with E-state index < -0.39 is 20.7 Å². The Morgan fingerprint density at radius 2 is 1.81 bits per heavy atom. The van der Waals surface area contributed by atoms with Gasteiger partial charge in [-0.25, -0.2) is 12.8 Å². The maximum absolute atomic E-state index is 14.1. The van der Waals surface area contributed by atoms with Crippen molar-refractivity contribution in [1.29, 1.82) is 0 Å². The summed E-state index contributed by atoms with van der Waals surface area (Å²) in [5.41, 5.74) is 0. The molecule has 0 fully saturated rings. The van der Waals surface area contributed by atoms with E-state index in [4.69, 9.17) is 14.6 Å². The number of aliphatic hydroxyl groups is 1. The van der Waals surface area contributed by atoms with Gasteiger partial charge in [-0.05, 0) is 6.42 Å². The quantitative estimate of drug-likeness (QED) is 0.779. The summed E-state index contributed by atoms with van der Waals surface area (Å²) in [6.45, 7) is 1.80. The maximum Gasteiger partial charge on any atom is 0.246 e. The van der Waals surface area contributed by atoms with E-state index in [-0.39, 0.29) is 37.6 Å². The number of rotatable bonds is 8. The van der Waals surface area contributed by atoms with Gasteiger partial charge < -0.3 is 14.6 Å². The third kappa shape index (κ3) is 3.84. The first-order chi connectivity index (χ1) is 9.92. The van der Waals surface area contributed by atoms with Crippen LogP contribution in [0.3, 0.4) is 0 Å². The fraction of sp³-hybridized carbons (Fsp3) is 0.538. The summed E-state index contributed by atoms with van der Waals surface area (Å²) >= 11 is 0.